The van der Waals surface area contributed by atoms with Gasteiger partial charge in [-0.2, -0.15) is 5.26 Å². The topological polar surface area (TPSA) is 103 Å². The molecule has 0 aliphatic carbocycles. The van der Waals surface area contributed by atoms with Crippen molar-refractivity contribution in [3.8, 4) is 62.7 Å². The molecular formula is C65H35N7O2. The van der Waals surface area contributed by atoms with Crippen LogP contribution in [-0.2, 0) is 0 Å². The minimum absolute atomic E-state index is 0.426. The number of nitriles is 1. The van der Waals surface area contributed by atoms with Gasteiger partial charge in [0.25, 0.3) is 0 Å². The van der Waals surface area contributed by atoms with E-state index >= 15 is 0 Å². The predicted molar refractivity (Wildman–Crippen MR) is 296 cm³/mol. The van der Waals surface area contributed by atoms with Crippen LogP contribution in [0, 0.1) is 17.9 Å². The maximum atomic E-state index is 10.5. The van der Waals surface area contributed by atoms with Crippen molar-refractivity contribution >= 4 is 93.2 Å². The molecule has 0 saturated heterocycles. The van der Waals surface area contributed by atoms with Gasteiger partial charge in [-0.15, -0.1) is 0 Å². The van der Waals surface area contributed by atoms with Crippen LogP contribution < -0.4 is 0 Å². The zero-order chi connectivity index (χ0) is 49.0. The van der Waals surface area contributed by atoms with Crippen LogP contribution in [0.1, 0.15) is 5.56 Å². The van der Waals surface area contributed by atoms with E-state index in [2.05, 4.69) is 111 Å². The van der Waals surface area contributed by atoms with Crippen LogP contribution in [0.3, 0.4) is 0 Å². The fourth-order valence-corrected chi connectivity index (χ4v) is 11.1. The molecule has 5 heterocycles. The van der Waals surface area contributed by atoms with Gasteiger partial charge in [-0.25, -0.2) is 19.8 Å². The first-order valence-corrected chi connectivity index (χ1v) is 24.3. The molecule has 10 aromatic carbocycles. The highest BCUT2D eigenvalue weighted by Gasteiger charge is 2.26. The quantitative estimate of drug-likeness (QED) is 0.154. The normalized spacial score (nSPS) is 11.8. The third-order valence-corrected chi connectivity index (χ3v) is 14.4. The molecule has 0 aliphatic rings. The summed E-state index contributed by atoms with van der Waals surface area (Å²) in [4.78, 5) is 19.9. The second-order valence-electron chi connectivity index (χ2n) is 18.5. The molecule has 15 rings (SSSR count). The summed E-state index contributed by atoms with van der Waals surface area (Å²) in [5.74, 6) is 1.36. The van der Waals surface area contributed by atoms with Gasteiger partial charge in [-0.05, 0) is 96.1 Å². The van der Waals surface area contributed by atoms with Crippen molar-refractivity contribution in [3.63, 3.8) is 0 Å². The van der Waals surface area contributed by atoms with E-state index in [-0.39, 0.29) is 0 Å². The number of hydrogen-bond donors (Lipinski definition) is 0. The Morgan fingerprint density at radius 1 is 0.405 bits per heavy atom. The lowest BCUT2D eigenvalue weighted by Crippen LogP contribution is -2.06. The molecule has 0 saturated carbocycles. The number of hydrogen-bond acceptors (Lipinski definition) is 6. The van der Waals surface area contributed by atoms with Gasteiger partial charge in [0.2, 0.25) is 0 Å². The number of rotatable bonds is 6. The lowest BCUT2D eigenvalue weighted by Gasteiger charge is -2.18. The van der Waals surface area contributed by atoms with E-state index < -0.39 is 0 Å². The second kappa shape index (κ2) is 16.0. The molecule has 9 heteroatoms. The molecule has 0 atom stereocenters. The summed E-state index contributed by atoms with van der Waals surface area (Å²) >= 11 is 0. The van der Waals surface area contributed by atoms with Crippen LogP contribution in [0.25, 0.3) is 149 Å². The molecule has 0 fully saturated rings. The summed E-state index contributed by atoms with van der Waals surface area (Å²) in [5.41, 5.74) is 13.7. The molecule has 342 valence electrons. The predicted octanol–water partition coefficient (Wildman–Crippen LogP) is 17.0. The third kappa shape index (κ3) is 6.11. The van der Waals surface area contributed by atoms with Crippen molar-refractivity contribution in [2.24, 2.45) is 0 Å². The molecule has 0 amide bonds. The van der Waals surface area contributed by atoms with Crippen LogP contribution in [0.2, 0.25) is 0 Å². The average Bonchev–Trinajstić information content (AvgIpc) is 4.23. The van der Waals surface area contributed by atoms with Gasteiger partial charge < -0.3 is 18.0 Å². The van der Waals surface area contributed by atoms with E-state index in [0.29, 0.717) is 34.3 Å². The first-order valence-electron chi connectivity index (χ1n) is 24.3. The second-order valence-corrected chi connectivity index (χ2v) is 18.5. The number of nitrogens with zero attached hydrogens (tertiary/aromatic N) is 7. The van der Waals surface area contributed by atoms with Gasteiger partial charge in [0, 0.05) is 49.0 Å². The Hall–Kier alpha value is -10.6. The van der Waals surface area contributed by atoms with Crippen LogP contribution in [0.5, 0.6) is 0 Å². The molecular weight excluding hydrogens is 911 g/mol. The Labute approximate surface area is 421 Å². The van der Waals surface area contributed by atoms with Crippen molar-refractivity contribution in [2.75, 3.05) is 0 Å². The van der Waals surface area contributed by atoms with Gasteiger partial charge >= 0.3 is 0 Å². The zero-order valence-electron chi connectivity index (χ0n) is 39.2. The van der Waals surface area contributed by atoms with Crippen molar-refractivity contribution in [3.05, 3.63) is 229 Å². The van der Waals surface area contributed by atoms with Gasteiger partial charge in [-0.3, -0.25) is 0 Å². The van der Waals surface area contributed by atoms with Gasteiger partial charge in [0.1, 0.15) is 22.3 Å². The summed E-state index contributed by atoms with van der Waals surface area (Å²) in [6.45, 7) is 7.86. The number of fused-ring (bicyclic) bond motifs is 14. The molecule has 74 heavy (non-hydrogen) atoms. The van der Waals surface area contributed by atoms with Crippen LogP contribution in [-0.4, -0.2) is 24.1 Å². The number of benzene rings is 10. The molecule has 0 radical (unpaired) electrons. The minimum Gasteiger partial charge on any atom is -0.455 e. The SMILES string of the molecule is [C-]#[N+]c1cccc(-c2ccc(-c3nc(-c4ccccc4)nc(-c4ccc(C#N)cc4-n4c5ccccc5c5c6oc7ccccc7c6ccc54)n3)c(-n3c4ccccc4c4c5oc6ccccc6c5ccc43)c2)c1. The third-order valence-electron chi connectivity index (χ3n) is 14.4. The molecule has 5 aromatic heterocycles. The Balaban J connectivity index is 1.02. The van der Waals surface area contributed by atoms with E-state index in [9.17, 15) is 5.26 Å². The summed E-state index contributed by atoms with van der Waals surface area (Å²) < 4.78 is 17.9. The number of furan rings is 2. The molecule has 0 spiro atoms. The summed E-state index contributed by atoms with van der Waals surface area (Å²) in [5, 5.41) is 18.7. The van der Waals surface area contributed by atoms with Crippen molar-refractivity contribution in [1.82, 2.24) is 24.1 Å². The fourth-order valence-electron chi connectivity index (χ4n) is 11.1. The lowest BCUT2D eigenvalue weighted by atomic mass is 10.0. The van der Waals surface area contributed by atoms with Gasteiger partial charge in [0.05, 0.1) is 62.4 Å². The first kappa shape index (κ1) is 41.2. The lowest BCUT2D eigenvalue weighted by molar-refractivity contribution is 0.672. The summed E-state index contributed by atoms with van der Waals surface area (Å²) in [6.07, 6.45) is 0. The number of para-hydroxylation sites is 4. The maximum absolute atomic E-state index is 10.5. The maximum Gasteiger partial charge on any atom is 0.187 e. The van der Waals surface area contributed by atoms with Crippen molar-refractivity contribution in [2.45, 2.75) is 0 Å². The van der Waals surface area contributed by atoms with Crippen LogP contribution in [0.4, 0.5) is 5.69 Å². The van der Waals surface area contributed by atoms with E-state index in [1.54, 1.807) is 0 Å². The fraction of sp³-hybridized carbons (Fsp3) is 0. The first-order chi connectivity index (χ1) is 36.6. The highest BCUT2D eigenvalue weighted by atomic mass is 16.3. The van der Waals surface area contributed by atoms with Crippen molar-refractivity contribution < 1.29 is 8.83 Å². The molecule has 0 bridgehead atoms. The Bertz CT molecular complexity index is 4950. The van der Waals surface area contributed by atoms with E-state index in [1.807, 2.05) is 121 Å². The van der Waals surface area contributed by atoms with Gasteiger partial charge in [-0.1, -0.05) is 127 Å². The average molecular weight is 946 g/mol. The summed E-state index contributed by atoms with van der Waals surface area (Å²) in [7, 11) is 0. The van der Waals surface area contributed by atoms with E-state index in [1.165, 1.54) is 0 Å². The Morgan fingerprint density at radius 3 is 1.50 bits per heavy atom. The molecule has 9 nitrogen and oxygen atoms in total. The van der Waals surface area contributed by atoms with Crippen LogP contribution >= 0.6 is 0 Å². The Kier molecular flexibility index (Phi) is 8.88. The smallest absolute Gasteiger partial charge is 0.187 e. The highest BCUT2D eigenvalue weighted by Crippen LogP contribution is 2.45. The van der Waals surface area contributed by atoms with Crippen LogP contribution in [0.15, 0.2) is 221 Å². The molecule has 0 aliphatic heterocycles. The molecule has 0 unspecified atom stereocenters. The van der Waals surface area contributed by atoms with Gasteiger partial charge in [0.15, 0.2) is 23.2 Å². The standard InChI is InChI=1S/C65H35N7O2/c1-67-42-17-13-16-40(35-42)41-27-29-50(56(36-41)72-52-23-10-6-21-48(52)60-54(72)33-31-46-44-19-8-12-25-58(44)74-62(46)60)65-69-63(39-14-3-2-4-15-39)68-64(70-65)49-28-26-38(37-66)34-55(49)71-51-22-9-5-20-47(51)59-53(71)32-30-45-43-18-7-11-24-57(43)73-61(45)59/h2-36H. The number of aromatic nitrogens is 5. The molecule has 15 aromatic rings. The van der Waals surface area contributed by atoms with E-state index in [0.717, 1.165) is 121 Å². The van der Waals surface area contributed by atoms with E-state index in [4.69, 9.17) is 30.4 Å². The summed E-state index contributed by atoms with van der Waals surface area (Å²) in [6, 6.07) is 73.7. The highest BCUT2D eigenvalue weighted by molar-refractivity contribution is 6.25. The van der Waals surface area contributed by atoms with Crippen molar-refractivity contribution in [1.29, 1.82) is 5.26 Å². The Morgan fingerprint density at radius 2 is 0.905 bits per heavy atom. The zero-order valence-corrected chi connectivity index (χ0v) is 39.2. The molecule has 0 N–H and O–H groups in total. The largest absolute Gasteiger partial charge is 0.455 e. The minimum atomic E-state index is 0.426. The monoisotopic (exact) mass is 945 g/mol.